The Morgan fingerprint density at radius 3 is 1.62 bits per heavy atom. The lowest BCUT2D eigenvalue weighted by Crippen LogP contribution is -2.64. The van der Waals surface area contributed by atoms with Crippen molar-refractivity contribution in [2.45, 2.75) is 230 Å². The molecule has 3 aliphatic heterocycles. The Balaban J connectivity index is 1.62. The number of carboxylic acid groups (broad SMARTS) is 1. The summed E-state index contributed by atoms with van der Waals surface area (Å²) >= 11 is 0. The molecule has 0 radical (unpaired) electrons. The van der Waals surface area contributed by atoms with Crippen molar-refractivity contribution in [2.75, 3.05) is 26.8 Å². The highest BCUT2D eigenvalue weighted by Gasteiger charge is 2.48. The summed E-state index contributed by atoms with van der Waals surface area (Å²) in [6.07, 6.45) is -12.2. The van der Waals surface area contributed by atoms with E-state index in [-0.39, 0.29) is 38.2 Å². The number of guanidine groups is 1. The van der Waals surface area contributed by atoms with E-state index in [2.05, 4.69) is 74.1 Å². The third-order valence-corrected chi connectivity index (χ3v) is 18.3. The van der Waals surface area contributed by atoms with Gasteiger partial charge in [-0.1, -0.05) is 111 Å². The van der Waals surface area contributed by atoms with Crippen molar-refractivity contribution >= 4 is 82.9 Å². The number of aliphatic carboxylic acids is 1. The summed E-state index contributed by atoms with van der Waals surface area (Å²) in [7, 11) is 1.56. The number of nitrogens with one attached hydrogen (secondary N) is 13. The van der Waals surface area contributed by atoms with E-state index in [0.29, 0.717) is 12.8 Å². The van der Waals surface area contributed by atoms with Gasteiger partial charge in [0.25, 0.3) is 0 Å². The number of esters is 1. The van der Waals surface area contributed by atoms with Gasteiger partial charge in [-0.2, -0.15) is 0 Å². The zero-order valence-electron chi connectivity index (χ0n) is 58.2. The highest BCUT2D eigenvalue weighted by atomic mass is 16.6. The summed E-state index contributed by atoms with van der Waals surface area (Å²) < 4.78 is 10.9. The average Bonchev–Trinajstić information content (AvgIpc) is 0.909. The van der Waals surface area contributed by atoms with Crippen LogP contribution in [0.4, 0.5) is 0 Å². The third-order valence-electron chi connectivity index (χ3n) is 18.3. The van der Waals surface area contributed by atoms with Gasteiger partial charge in [0.05, 0.1) is 31.8 Å². The summed E-state index contributed by atoms with van der Waals surface area (Å²) in [5, 5.41) is 95.2. The van der Waals surface area contributed by atoms with Crippen LogP contribution in [0.15, 0.2) is 35.3 Å². The Kier molecular flexibility index (Phi) is 33.4. The van der Waals surface area contributed by atoms with E-state index < -0.39 is 236 Å². The highest BCUT2D eigenvalue weighted by molar-refractivity contribution is 6.00. The summed E-state index contributed by atoms with van der Waals surface area (Å²) in [5.41, 5.74) is 6.59. The van der Waals surface area contributed by atoms with Crippen LogP contribution in [0.3, 0.4) is 0 Å². The first-order valence-corrected chi connectivity index (χ1v) is 33.6. The van der Waals surface area contributed by atoms with E-state index in [4.69, 9.17) is 15.2 Å². The molecule has 5 unspecified atom stereocenters. The number of benzene rings is 1. The average molecular weight is 1420 g/mol. The lowest BCUT2D eigenvalue weighted by atomic mass is 9.94. The number of hydrogen-bond acceptors (Lipinski definition) is 24. The minimum Gasteiger partial charge on any atom is -0.479 e. The number of aliphatic hydroxyl groups excluding tert-OH is 5. The number of carbonyl (C=O) groups excluding carboxylic acids is 12. The van der Waals surface area contributed by atoms with E-state index in [0.717, 1.165) is 5.56 Å². The van der Waals surface area contributed by atoms with Gasteiger partial charge in [0.1, 0.15) is 84.8 Å². The molecule has 36 heteroatoms. The minimum atomic E-state index is -2.12. The number of amides is 11. The van der Waals surface area contributed by atoms with Crippen molar-refractivity contribution in [3.8, 4) is 0 Å². The highest BCUT2D eigenvalue weighted by Crippen LogP contribution is 2.22. The van der Waals surface area contributed by atoms with Crippen molar-refractivity contribution in [3.05, 3.63) is 35.9 Å². The summed E-state index contributed by atoms with van der Waals surface area (Å²) in [5.74, 6) is -16.3. The monoisotopic (exact) mass is 1420 g/mol. The van der Waals surface area contributed by atoms with Gasteiger partial charge < -0.3 is 115 Å². The number of aliphatic imine (C=N–C) groups is 1. The van der Waals surface area contributed by atoms with Crippen LogP contribution in [-0.2, 0) is 78.2 Å². The molecule has 1 aromatic carbocycles. The number of cyclic esters (lactones) is 1. The number of likely N-dealkylation sites (N-methyl/N-ethyl adjacent to an activating group) is 1. The van der Waals surface area contributed by atoms with Crippen LogP contribution in [0.5, 0.6) is 0 Å². The fourth-order valence-electron chi connectivity index (χ4n) is 10.9. The molecule has 2 saturated heterocycles. The summed E-state index contributed by atoms with van der Waals surface area (Å²) in [6, 6.07) is -8.16. The second-order valence-electron chi connectivity index (χ2n) is 25.7. The molecule has 4 rings (SSSR count). The molecular weight excluding hydrogens is 1310 g/mol. The first-order chi connectivity index (χ1) is 47.2. The van der Waals surface area contributed by atoms with Gasteiger partial charge in [-0.15, -0.1) is 0 Å². The maximum atomic E-state index is 14.7. The second kappa shape index (κ2) is 39.9. The largest absolute Gasteiger partial charge is 0.479 e. The van der Waals surface area contributed by atoms with Crippen molar-refractivity contribution in [3.63, 3.8) is 0 Å². The van der Waals surface area contributed by atoms with Gasteiger partial charge in [0, 0.05) is 6.42 Å². The molecule has 560 valence electrons. The number of hydrogen-bond donors (Lipinski definition) is 20. The van der Waals surface area contributed by atoms with Gasteiger partial charge in [0.15, 0.2) is 18.3 Å². The van der Waals surface area contributed by atoms with E-state index in [1.807, 2.05) is 12.1 Å². The maximum Gasteiger partial charge on any atom is 0.335 e. The molecule has 2 fully saturated rings. The van der Waals surface area contributed by atoms with Crippen LogP contribution in [0.1, 0.15) is 120 Å². The molecule has 0 bridgehead atoms. The molecule has 21 N–H and O–H groups in total. The Morgan fingerprint density at radius 1 is 0.610 bits per heavy atom. The molecule has 0 aromatic heterocycles. The number of nitrogens with zero attached hydrogens (tertiary/aromatic N) is 1. The van der Waals surface area contributed by atoms with E-state index in [1.165, 1.54) is 20.8 Å². The van der Waals surface area contributed by atoms with Crippen molar-refractivity contribution in [1.82, 2.24) is 69.1 Å². The van der Waals surface area contributed by atoms with Gasteiger partial charge in [-0.05, 0) is 69.4 Å². The summed E-state index contributed by atoms with van der Waals surface area (Å²) in [6.45, 7) is 13.7. The lowest BCUT2D eigenvalue weighted by Gasteiger charge is -2.39. The smallest absolute Gasteiger partial charge is 0.335 e. The number of ether oxygens (including phenoxy) is 2. The predicted octanol–water partition coefficient (Wildman–Crippen LogP) is -6.74. The molecule has 100 heavy (non-hydrogen) atoms. The molecule has 0 saturated carbocycles. The van der Waals surface area contributed by atoms with Crippen molar-refractivity contribution in [1.29, 1.82) is 0 Å². The van der Waals surface area contributed by atoms with Crippen molar-refractivity contribution < 1.29 is 102 Å². The number of carboxylic acids is 1. The fraction of sp³-hybridized carbons (Fsp3) is 0.688. The maximum absolute atomic E-state index is 14.7. The standard InChI is InChI=1S/C64H103N15O21/c1-12-28(5)42(76-53(88)37(66-11)23-34-19-17-16-18-20-34)57(92)72-39(26-80)55(90)70-36(21-22-41(82)74-61-49(85)47(83)48(84)50(100-61)62(96)97)52(87)75-44(30(7)14-3)59(94)77-43(29(6)13-2)58(93)73-40(27-81)56(91)79-46-33(10)99-63(98)45(31(8)15-4)78-54(89)38(24-35-25-67-64(65)69-35)71-51(86)32(9)68-60(46)95/h16-20,28-33,35-40,42-50,61,66,80-81,83-85H,12-15,21-27H2,1-11H3,(H,68,95)(H,70,90)(H,71,86)(H,72,92)(H,73,93)(H,74,82)(H,75,87)(H,76,88)(H,77,94)(H,78,89)(H,79,91)(H,96,97)(H3,65,67,69)/t28-,29-,30-,31-,32-,33-,35-,36+,37+,38-,39-,40-,42-,43-,44+,45-,46+,47?,48?,49?,50?,61?/m0/s1. The quantitative estimate of drug-likeness (QED) is 0.0285. The van der Waals surface area contributed by atoms with Crippen LogP contribution in [0.2, 0.25) is 0 Å². The molecule has 0 aliphatic carbocycles. The van der Waals surface area contributed by atoms with Crippen LogP contribution >= 0.6 is 0 Å². The molecule has 36 nitrogen and oxygen atoms in total. The normalized spacial score (nSPS) is 26.0. The predicted molar refractivity (Wildman–Crippen MR) is 355 cm³/mol. The van der Waals surface area contributed by atoms with Crippen LogP contribution < -0.4 is 74.9 Å². The van der Waals surface area contributed by atoms with Crippen LogP contribution in [-0.4, -0.2) is 250 Å². The van der Waals surface area contributed by atoms with Gasteiger partial charge >= 0.3 is 11.9 Å². The Hall–Kier alpha value is -8.68. The Labute approximate surface area is 579 Å². The minimum absolute atomic E-state index is 0.0389. The first kappa shape index (κ1) is 83.7. The number of aliphatic hydroxyl groups is 5. The van der Waals surface area contributed by atoms with Gasteiger partial charge in [0.2, 0.25) is 65.0 Å². The Morgan fingerprint density at radius 2 is 1.12 bits per heavy atom. The zero-order chi connectivity index (χ0) is 75.0. The van der Waals surface area contributed by atoms with Crippen LogP contribution in [0, 0.1) is 23.7 Å². The third kappa shape index (κ3) is 23.7. The molecule has 3 heterocycles. The van der Waals surface area contributed by atoms with Crippen LogP contribution in [0.25, 0.3) is 0 Å². The Bertz CT molecular complexity index is 3040. The first-order valence-electron chi connectivity index (χ1n) is 33.6. The zero-order valence-corrected chi connectivity index (χ0v) is 58.2. The van der Waals surface area contributed by atoms with Crippen molar-refractivity contribution in [2.24, 2.45) is 34.4 Å². The number of carbonyl (C=O) groups is 13. The van der Waals surface area contributed by atoms with E-state index in [9.17, 15) is 93.0 Å². The van der Waals surface area contributed by atoms with Gasteiger partial charge in [-0.25, -0.2) is 9.59 Å². The van der Waals surface area contributed by atoms with E-state index >= 15 is 0 Å². The SMILES string of the molecule is CC[C@H](C)[C@H](NC(=O)[C@@H](Cc1ccccc1)NC)C(=O)N[C@@H](CO)C(=O)N[C@H](CCC(=O)NC1OC(C(=O)O)C(O)C(O)C1O)C(=O)N[C@@H](C(=O)N[C@H](C(=O)N[C@@H](CO)C(=O)N[C@H]1C(=O)N[C@@H](C)C(=O)N[C@@H](C[C@H]2CN=C(N)N2)C(=O)N[C@@H]([C@@H](C)CC)C(=O)O[C@H]1C)[C@@H](C)CC)[C@@H](C)CC. The summed E-state index contributed by atoms with van der Waals surface area (Å²) in [4.78, 5) is 185. The number of rotatable bonds is 34. The lowest BCUT2D eigenvalue weighted by molar-refractivity contribution is -0.233. The van der Waals surface area contributed by atoms with E-state index in [1.54, 1.807) is 73.7 Å². The topological polar surface area (TPSA) is 557 Å². The van der Waals surface area contributed by atoms with Gasteiger partial charge in [-0.3, -0.25) is 57.7 Å². The molecule has 1 aromatic rings. The molecule has 22 atom stereocenters. The molecular formula is C64H103N15O21. The molecule has 3 aliphatic rings. The molecule has 11 amide bonds. The number of nitrogens with two attached hydrogens (primary N) is 1. The fourth-order valence-corrected chi connectivity index (χ4v) is 10.9. The molecule has 0 spiro atoms. The second-order valence-corrected chi connectivity index (χ2v) is 25.7.